The third kappa shape index (κ3) is 3.03. The van der Waals surface area contributed by atoms with Crippen LogP contribution < -0.4 is 5.73 Å². The second-order valence-electron chi connectivity index (χ2n) is 2.60. The van der Waals surface area contributed by atoms with Crippen molar-refractivity contribution in [3.8, 4) is 0 Å². The molecule has 6 nitrogen and oxygen atoms in total. The highest BCUT2D eigenvalue weighted by Gasteiger charge is 2.21. The Hall–Kier alpha value is -1.95. The smallest absolute Gasteiger partial charge is 0.376 e. The Kier molecular flexibility index (Phi) is 3.75. The summed E-state index contributed by atoms with van der Waals surface area (Å²) in [5.41, 5.74) is 4.89. The number of nitrogens with two attached hydrogens (primary N) is 1. The first-order valence-corrected chi connectivity index (χ1v) is 4.12. The van der Waals surface area contributed by atoms with Gasteiger partial charge >= 0.3 is 5.97 Å². The van der Waals surface area contributed by atoms with E-state index in [2.05, 4.69) is 4.74 Å². The van der Waals surface area contributed by atoms with Gasteiger partial charge in [0.05, 0.1) is 12.7 Å². The first-order chi connectivity index (χ1) is 7.15. The molecule has 0 radical (unpaired) electrons. The lowest BCUT2D eigenvalue weighted by Crippen LogP contribution is -2.23. The van der Waals surface area contributed by atoms with Crippen molar-refractivity contribution in [3.63, 3.8) is 0 Å². The van der Waals surface area contributed by atoms with E-state index in [1.165, 1.54) is 18.4 Å². The lowest BCUT2D eigenvalue weighted by atomic mass is 10.1. The molecule has 0 saturated carbocycles. The van der Waals surface area contributed by atoms with Gasteiger partial charge in [-0.15, -0.1) is 0 Å². The Balaban J connectivity index is 2.52. The SMILES string of the molecule is NCOC(=O)C(=O)CC(=O)c1ccco1. The van der Waals surface area contributed by atoms with E-state index in [4.69, 9.17) is 10.2 Å². The lowest BCUT2D eigenvalue weighted by Gasteiger charge is -1.98. The zero-order valence-electron chi connectivity index (χ0n) is 7.76. The first kappa shape index (κ1) is 11.1. The van der Waals surface area contributed by atoms with Gasteiger partial charge in [-0.1, -0.05) is 0 Å². The minimum absolute atomic E-state index is 0.0314. The molecule has 0 aliphatic carbocycles. The number of rotatable bonds is 5. The van der Waals surface area contributed by atoms with Crippen LogP contribution in [0.1, 0.15) is 17.0 Å². The van der Waals surface area contributed by atoms with Gasteiger partial charge in [0.2, 0.25) is 11.6 Å². The summed E-state index contributed by atoms with van der Waals surface area (Å²) in [4.78, 5) is 33.1. The summed E-state index contributed by atoms with van der Waals surface area (Å²) >= 11 is 0. The van der Waals surface area contributed by atoms with Crippen molar-refractivity contribution < 1.29 is 23.5 Å². The molecule has 0 amide bonds. The molecule has 0 saturated heterocycles. The van der Waals surface area contributed by atoms with Crippen molar-refractivity contribution in [2.75, 3.05) is 6.73 Å². The summed E-state index contributed by atoms with van der Waals surface area (Å²) in [7, 11) is 0. The Labute approximate surface area is 85.0 Å². The summed E-state index contributed by atoms with van der Waals surface area (Å²) in [5, 5.41) is 0. The predicted octanol–water partition coefficient (Wildman–Crippen LogP) is -0.119. The minimum atomic E-state index is -1.11. The van der Waals surface area contributed by atoms with E-state index in [1.807, 2.05) is 0 Å². The largest absolute Gasteiger partial charge is 0.461 e. The highest BCUT2D eigenvalue weighted by atomic mass is 16.5. The molecule has 0 bridgehead atoms. The molecule has 1 aromatic rings. The van der Waals surface area contributed by atoms with Crippen molar-refractivity contribution in [2.45, 2.75) is 6.42 Å². The number of hydrogen-bond donors (Lipinski definition) is 1. The zero-order valence-corrected chi connectivity index (χ0v) is 7.76. The lowest BCUT2D eigenvalue weighted by molar-refractivity contribution is -0.153. The number of carbonyl (C=O) groups excluding carboxylic acids is 3. The van der Waals surface area contributed by atoms with Crippen LogP contribution in [0.15, 0.2) is 22.8 Å². The fraction of sp³-hybridized carbons (Fsp3) is 0.222. The summed E-state index contributed by atoms with van der Waals surface area (Å²) in [6, 6.07) is 2.92. The van der Waals surface area contributed by atoms with Crippen molar-refractivity contribution in [1.82, 2.24) is 0 Å². The summed E-state index contributed by atoms with van der Waals surface area (Å²) in [5.74, 6) is -2.60. The van der Waals surface area contributed by atoms with Gasteiger partial charge in [0, 0.05) is 0 Å². The molecule has 1 aromatic heterocycles. The molecule has 0 unspecified atom stereocenters. The van der Waals surface area contributed by atoms with Crippen LogP contribution in [0.5, 0.6) is 0 Å². The van der Waals surface area contributed by atoms with Gasteiger partial charge in [-0.2, -0.15) is 0 Å². The van der Waals surface area contributed by atoms with E-state index in [0.29, 0.717) is 0 Å². The maximum atomic E-state index is 11.3. The van der Waals surface area contributed by atoms with E-state index in [-0.39, 0.29) is 12.5 Å². The van der Waals surface area contributed by atoms with Gasteiger partial charge in [0.25, 0.3) is 0 Å². The van der Waals surface area contributed by atoms with E-state index in [0.717, 1.165) is 0 Å². The Morgan fingerprint density at radius 3 is 2.67 bits per heavy atom. The molecular weight excluding hydrogens is 202 g/mol. The van der Waals surface area contributed by atoms with E-state index in [9.17, 15) is 14.4 Å². The van der Waals surface area contributed by atoms with Gasteiger partial charge in [-0.05, 0) is 12.1 Å². The molecule has 15 heavy (non-hydrogen) atoms. The molecule has 1 rings (SSSR count). The van der Waals surface area contributed by atoms with Gasteiger partial charge in [-0.25, -0.2) is 4.79 Å². The normalized spacial score (nSPS) is 9.67. The van der Waals surface area contributed by atoms with Crippen molar-refractivity contribution in [1.29, 1.82) is 0 Å². The van der Waals surface area contributed by atoms with E-state index >= 15 is 0 Å². The maximum absolute atomic E-state index is 11.3. The first-order valence-electron chi connectivity index (χ1n) is 4.12. The zero-order chi connectivity index (χ0) is 11.3. The predicted molar refractivity (Wildman–Crippen MR) is 47.8 cm³/mol. The van der Waals surface area contributed by atoms with Crippen LogP contribution in [0.3, 0.4) is 0 Å². The fourth-order valence-corrected chi connectivity index (χ4v) is 0.899. The van der Waals surface area contributed by atoms with E-state index in [1.54, 1.807) is 0 Å². The molecule has 1 heterocycles. The molecule has 2 N–H and O–H groups in total. The van der Waals surface area contributed by atoms with Crippen LogP contribution in [0.2, 0.25) is 0 Å². The van der Waals surface area contributed by atoms with Gasteiger partial charge in [0.1, 0.15) is 6.73 Å². The molecule has 80 valence electrons. The third-order valence-corrected chi connectivity index (χ3v) is 1.56. The quantitative estimate of drug-likeness (QED) is 0.239. The number of ether oxygens (including phenoxy) is 1. The van der Waals surface area contributed by atoms with Crippen LogP contribution in [0.4, 0.5) is 0 Å². The third-order valence-electron chi connectivity index (χ3n) is 1.56. The Morgan fingerprint density at radius 2 is 2.13 bits per heavy atom. The molecule has 0 spiro atoms. The van der Waals surface area contributed by atoms with Crippen molar-refractivity contribution >= 4 is 17.5 Å². The monoisotopic (exact) mass is 211 g/mol. The molecular formula is C9H9NO5. The standard InChI is InChI=1S/C9H9NO5/c10-5-15-9(13)7(12)4-6(11)8-2-1-3-14-8/h1-3H,4-5,10H2. The molecule has 0 aliphatic heterocycles. The van der Waals surface area contributed by atoms with E-state index < -0.39 is 24.0 Å². The molecule has 0 aromatic carbocycles. The molecule has 6 heteroatoms. The summed E-state index contributed by atoms with van der Waals surface area (Å²) < 4.78 is 8.99. The molecule has 0 fully saturated rings. The highest BCUT2D eigenvalue weighted by molar-refractivity contribution is 6.37. The van der Waals surface area contributed by atoms with Crippen molar-refractivity contribution in [2.24, 2.45) is 5.73 Å². The average Bonchev–Trinajstić information content (AvgIpc) is 2.70. The topological polar surface area (TPSA) is 99.6 Å². The van der Waals surface area contributed by atoms with Crippen LogP contribution in [-0.2, 0) is 14.3 Å². The second kappa shape index (κ2) is 5.06. The Morgan fingerprint density at radius 1 is 1.40 bits per heavy atom. The van der Waals surface area contributed by atoms with Crippen LogP contribution in [0, 0.1) is 0 Å². The van der Waals surface area contributed by atoms with Crippen LogP contribution in [0.25, 0.3) is 0 Å². The van der Waals surface area contributed by atoms with Crippen molar-refractivity contribution in [3.05, 3.63) is 24.2 Å². The van der Waals surface area contributed by atoms with Crippen LogP contribution in [-0.4, -0.2) is 24.3 Å². The van der Waals surface area contributed by atoms with Gasteiger partial charge in [0.15, 0.2) is 5.76 Å². The summed E-state index contributed by atoms with van der Waals surface area (Å²) in [6.07, 6.45) is 0.724. The summed E-state index contributed by atoms with van der Waals surface area (Å²) in [6.45, 7) is -0.389. The number of hydrogen-bond acceptors (Lipinski definition) is 6. The Bertz CT molecular complexity index is 368. The number of carbonyl (C=O) groups is 3. The highest BCUT2D eigenvalue weighted by Crippen LogP contribution is 2.04. The second-order valence-corrected chi connectivity index (χ2v) is 2.60. The number of Topliss-reactive ketones (excluding diaryl/α,β-unsaturated/α-hetero) is 2. The van der Waals surface area contributed by atoms with Crippen LogP contribution >= 0.6 is 0 Å². The molecule has 0 aliphatic rings. The van der Waals surface area contributed by atoms with Gasteiger partial charge in [-0.3, -0.25) is 15.3 Å². The average molecular weight is 211 g/mol. The number of furan rings is 1. The van der Waals surface area contributed by atoms with Gasteiger partial charge < -0.3 is 9.15 Å². The minimum Gasteiger partial charge on any atom is -0.461 e. The maximum Gasteiger partial charge on any atom is 0.376 e. The number of esters is 1. The fourth-order valence-electron chi connectivity index (χ4n) is 0.899. The molecule has 0 atom stereocenters. The number of ketones is 2.